The minimum Gasteiger partial charge on any atom is -0.480 e. The van der Waals surface area contributed by atoms with Crippen LogP contribution in [0.4, 0.5) is 0 Å². The molecule has 0 spiro atoms. The standard InChI is InChI=1S/C30H26N4O2/c1-21-15-17-24(18-16-21)29-25(20-34(33-29)26-11-4-3-5-12-26)19-31-32-30(35)22(2)36-28-14-8-10-23-9-6-7-13-27(23)28/h3-20,22H,1-2H3,(H,32,35)/b31-19-/t22-/m1/s1. The first-order valence-electron chi connectivity index (χ1n) is 11.8. The Hall–Kier alpha value is -4.71. The van der Waals surface area contributed by atoms with Gasteiger partial charge < -0.3 is 4.74 Å². The van der Waals surface area contributed by atoms with E-state index >= 15 is 0 Å². The molecular weight excluding hydrogens is 448 g/mol. The average molecular weight is 475 g/mol. The molecule has 1 atom stereocenters. The van der Waals surface area contributed by atoms with Crippen LogP contribution in [0.5, 0.6) is 5.75 Å². The maximum Gasteiger partial charge on any atom is 0.280 e. The van der Waals surface area contributed by atoms with Crippen LogP contribution in [0, 0.1) is 6.92 Å². The van der Waals surface area contributed by atoms with Gasteiger partial charge in [-0.05, 0) is 37.4 Å². The highest BCUT2D eigenvalue weighted by molar-refractivity contribution is 5.91. The van der Waals surface area contributed by atoms with Crippen LogP contribution in [0.1, 0.15) is 18.1 Å². The Morgan fingerprint density at radius 3 is 2.47 bits per heavy atom. The van der Waals surface area contributed by atoms with Gasteiger partial charge in [0.2, 0.25) is 0 Å². The second-order valence-electron chi connectivity index (χ2n) is 8.55. The van der Waals surface area contributed by atoms with Gasteiger partial charge in [-0.1, -0.05) is 84.4 Å². The van der Waals surface area contributed by atoms with Crippen molar-refractivity contribution in [3.63, 3.8) is 0 Å². The molecule has 0 bridgehead atoms. The zero-order valence-corrected chi connectivity index (χ0v) is 20.1. The highest BCUT2D eigenvalue weighted by Crippen LogP contribution is 2.26. The van der Waals surface area contributed by atoms with Gasteiger partial charge in [-0.15, -0.1) is 0 Å². The molecule has 1 aromatic heterocycles. The van der Waals surface area contributed by atoms with Gasteiger partial charge >= 0.3 is 0 Å². The SMILES string of the molecule is Cc1ccc(-c2nn(-c3ccccc3)cc2/C=N\NC(=O)[C@@H](C)Oc2cccc3ccccc23)cc1. The molecule has 5 aromatic rings. The third-order valence-electron chi connectivity index (χ3n) is 5.89. The number of para-hydroxylation sites is 1. The number of aryl methyl sites for hydroxylation is 1. The lowest BCUT2D eigenvalue weighted by atomic mass is 10.1. The number of fused-ring (bicyclic) bond motifs is 1. The summed E-state index contributed by atoms with van der Waals surface area (Å²) in [6.07, 6.45) is 2.79. The summed E-state index contributed by atoms with van der Waals surface area (Å²) in [5.41, 5.74) is 7.24. The van der Waals surface area contributed by atoms with Crippen molar-refractivity contribution in [2.75, 3.05) is 0 Å². The van der Waals surface area contributed by atoms with E-state index in [2.05, 4.69) is 10.5 Å². The molecule has 6 heteroatoms. The fraction of sp³-hybridized carbons (Fsp3) is 0.100. The predicted octanol–water partition coefficient (Wildman–Crippen LogP) is 5.92. The highest BCUT2D eigenvalue weighted by Gasteiger charge is 2.16. The number of aromatic nitrogens is 2. The van der Waals surface area contributed by atoms with Crippen molar-refractivity contribution in [3.8, 4) is 22.7 Å². The van der Waals surface area contributed by atoms with E-state index < -0.39 is 6.10 Å². The predicted molar refractivity (Wildman–Crippen MR) is 144 cm³/mol. The molecule has 4 aromatic carbocycles. The summed E-state index contributed by atoms with van der Waals surface area (Å²) in [5.74, 6) is 0.317. The van der Waals surface area contributed by atoms with Crippen LogP contribution >= 0.6 is 0 Å². The molecule has 0 radical (unpaired) electrons. The number of rotatable bonds is 7. The van der Waals surface area contributed by atoms with Crippen LogP contribution in [0.3, 0.4) is 0 Å². The van der Waals surface area contributed by atoms with E-state index in [0.29, 0.717) is 5.75 Å². The molecular formula is C30H26N4O2. The summed E-state index contributed by atoms with van der Waals surface area (Å²) >= 11 is 0. The molecule has 0 saturated carbocycles. The quantitative estimate of drug-likeness (QED) is 0.235. The molecule has 36 heavy (non-hydrogen) atoms. The Morgan fingerprint density at radius 1 is 0.944 bits per heavy atom. The number of hydrogen-bond acceptors (Lipinski definition) is 4. The van der Waals surface area contributed by atoms with Crippen molar-refractivity contribution < 1.29 is 9.53 Å². The normalized spacial score (nSPS) is 12.1. The summed E-state index contributed by atoms with van der Waals surface area (Å²) < 4.78 is 7.77. The Kier molecular flexibility index (Phi) is 6.58. The Balaban J connectivity index is 1.34. The fourth-order valence-corrected chi connectivity index (χ4v) is 3.93. The Morgan fingerprint density at radius 2 is 1.67 bits per heavy atom. The summed E-state index contributed by atoms with van der Waals surface area (Å²) in [6.45, 7) is 3.75. The van der Waals surface area contributed by atoms with Crippen molar-refractivity contribution >= 4 is 22.9 Å². The van der Waals surface area contributed by atoms with Crippen LogP contribution in [-0.4, -0.2) is 28.0 Å². The number of amides is 1. The third kappa shape index (κ3) is 5.03. The van der Waals surface area contributed by atoms with Gasteiger partial charge in [0.1, 0.15) is 11.4 Å². The van der Waals surface area contributed by atoms with Crippen molar-refractivity contribution in [2.45, 2.75) is 20.0 Å². The summed E-state index contributed by atoms with van der Waals surface area (Å²) in [7, 11) is 0. The Bertz CT molecular complexity index is 1520. The lowest BCUT2D eigenvalue weighted by molar-refractivity contribution is -0.127. The van der Waals surface area contributed by atoms with Crippen LogP contribution < -0.4 is 10.2 Å². The van der Waals surface area contributed by atoms with Crippen LogP contribution in [0.25, 0.3) is 27.7 Å². The second kappa shape index (κ2) is 10.3. The topological polar surface area (TPSA) is 68.5 Å². The van der Waals surface area contributed by atoms with Gasteiger partial charge in [0.05, 0.1) is 11.9 Å². The number of hydrazone groups is 1. The smallest absolute Gasteiger partial charge is 0.280 e. The van der Waals surface area contributed by atoms with E-state index in [0.717, 1.165) is 33.3 Å². The second-order valence-corrected chi connectivity index (χ2v) is 8.55. The van der Waals surface area contributed by atoms with E-state index in [-0.39, 0.29) is 5.91 Å². The maximum atomic E-state index is 12.7. The molecule has 5 rings (SSSR count). The van der Waals surface area contributed by atoms with E-state index in [9.17, 15) is 4.79 Å². The first kappa shape index (κ1) is 23.1. The van der Waals surface area contributed by atoms with E-state index in [1.807, 2.05) is 115 Å². The number of nitrogens with zero attached hydrogens (tertiary/aromatic N) is 3. The zero-order valence-electron chi connectivity index (χ0n) is 20.1. The number of carbonyl (C=O) groups excluding carboxylic acids is 1. The lowest BCUT2D eigenvalue weighted by Gasteiger charge is -2.14. The van der Waals surface area contributed by atoms with Gasteiger partial charge in [-0.3, -0.25) is 4.79 Å². The molecule has 178 valence electrons. The lowest BCUT2D eigenvalue weighted by Crippen LogP contribution is -2.33. The first-order chi connectivity index (χ1) is 17.6. The molecule has 1 N–H and O–H groups in total. The number of nitrogens with one attached hydrogen (secondary N) is 1. The fourth-order valence-electron chi connectivity index (χ4n) is 3.93. The molecule has 0 aliphatic carbocycles. The summed E-state index contributed by atoms with van der Waals surface area (Å²) in [6, 6.07) is 31.7. The van der Waals surface area contributed by atoms with Gasteiger partial charge in [0.25, 0.3) is 5.91 Å². The van der Waals surface area contributed by atoms with E-state index in [1.165, 1.54) is 5.56 Å². The first-order valence-corrected chi connectivity index (χ1v) is 11.8. The Labute approximate surface area is 209 Å². The largest absolute Gasteiger partial charge is 0.480 e. The molecule has 0 fully saturated rings. The van der Waals surface area contributed by atoms with Gasteiger partial charge in [0.15, 0.2) is 6.10 Å². The molecule has 6 nitrogen and oxygen atoms in total. The number of hydrogen-bond donors (Lipinski definition) is 1. The number of ether oxygens (including phenoxy) is 1. The minimum atomic E-state index is -0.725. The summed E-state index contributed by atoms with van der Waals surface area (Å²) in [5, 5.41) is 11.0. The highest BCUT2D eigenvalue weighted by atomic mass is 16.5. The van der Waals surface area contributed by atoms with E-state index in [4.69, 9.17) is 9.84 Å². The molecule has 0 unspecified atom stereocenters. The minimum absolute atomic E-state index is 0.341. The van der Waals surface area contributed by atoms with Crippen molar-refractivity contribution in [1.29, 1.82) is 0 Å². The van der Waals surface area contributed by atoms with E-state index in [1.54, 1.807) is 13.1 Å². The molecule has 0 saturated heterocycles. The third-order valence-corrected chi connectivity index (χ3v) is 5.89. The van der Waals surface area contributed by atoms with Gasteiger partial charge in [-0.25, -0.2) is 10.1 Å². The van der Waals surface area contributed by atoms with Crippen molar-refractivity contribution in [1.82, 2.24) is 15.2 Å². The van der Waals surface area contributed by atoms with Crippen LogP contribution in [0.15, 0.2) is 108 Å². The molecule has 0 aliphatic rings. The van der Waals surface area contributed by atoms with Crippen LogP contribution in [0.2, 0.25) is 0 Å². The monoisotopic (exact) mass is 474 g/mol. The van der Waals surface area contributed by atoms with Gasteiger partial charge in [-0.2, -0.15) is 10.2 Å². The van der Waals surface area contributed by atoms with Gasteiger partial charge in [0, 0.05) is 22.7 Å². The van der Waals surface area contributed by atoms with Crippen molar-refractivity contribution in [2.24, 2.45) is 5.10 Å². The molecule has 1 heterocycles. The van der Waals surface area contributed by atoms with Crippen molar-refractivity contribution in [3.05, 3.63) is 114 Å². The van der Waals surface area contributed by atoms with Crippen LogP contribution in [-0.2, 0) is 4.79 Å². The average Bonchev–Trinajstić information content (AvgIpc) is 3.34. The number of carbonyl (C=O) groups is 1. The maximum absolute atomic E-state index is 12.7. The molecule has 1 amide bonds. The molecule has 0 aliphatic heterocycles. The number of benzene rings is 4. The zero-order chi connectivity index (χ0) is 24.9. The summed E-state index contributed by atoms with van der Waals surface area (Å²) in [4.78, 5) is 12.7.